The average molecular weight is 547 g/mol. The van der Waals surface area contributed by atoms with E-state index in [4.69, 9.17) is 9.47 Å². The second-order valence-electron chi connectivity index (χ2n) is 7.71. The van der Waals surface area contributed by atoms with Crippen molar-refractivity contribution >= 4 is 28.0 Å². The topological polar surface area (TPSA) is 118 Å². The molecule has 10 heteroatoms. The number of carbonyl (C=O) groups is 2. The van der Waals surface area contributed by atoms with E-state index in [0.717, 1.165) is 5.56 Å². The Morgan fingerprint density at radius 3 is 2.57 bits per heavy atom. The molecule has 0 aliphatic heterocycles. The molecule has 0 unspecified atom stereocenters. The van der Waals surface area contributed by atoms with Crippen molar-refractivity contribution in [2.75, 3.05) is 6.61 Å². The number of halogens is 2. The number of alkyl carbamates (subject to hydrolysis) is 1. The Morgan fingerprint density at radius 1 is 1.14 bits per heavy atom. The quantitative estimate of drug-likeness (QED) is 0.362. The van der Waals surface area contributed by atoms with Crippen LogP contribution in [0.3, 0.4) is 0 Å². The van der Waals surface area contributed by atoms with Crippen LogP contribution in [0.1, 0.15) is 39.7 Å². The zero-order valence-corrected chi connectivity index (χ0v) is 20.9. The number of aromatic nitrogens is 1. The molecular weight excluding hydrogens is 523 g/mol. The van der Waals surface area contributed by atoms with Gasteiger partial charge in [0.05, 0.1) is 12.2 Å². The number of hydrogen-bond donors (Lipinski definition) is 3. The summed E-state index contributed by atoms with van der Waals surface area (Å²) in [7, 11) is 0. The number of hydrogen-bond acceptors (Lipinski definition) is 5. The standard InChI is InChI=1S/C25H24BrFN2O6/c1-4-34-25(33)28-11-17-9-18(27)8-7-16(17)12-35-22-20(14(3)29-23(30)21(22)26)19-10-15(24(31)32)6-5-13(19)2/h5-10H,4,11-12H2,1-3H3,(H,28,33)(H,29,30)(H,31,32). The fourth-order valence-electron chi connectivity index (χ4n) is 3.55. The molecule has 35 heavy (non-hydrogen) atoms. The highest BCUT2D eigenvalue weighted by atomic mass is 79.9. The maximum atomic E-state index is 13.9. The molecule has 2 aromatic carbocycles. The van der Waals surface area contributed by atoms with Crippen molar-refractivity contribution < 1.29 is 28.6 Å². The monoisotopic (exact) mass is 546 g/mol. The Hall–Kier alpha value is -3.66. The number of aromatic carboxylic acids is 1. The highest BCUT2D eigenvalue weighted by molar-refractivity contribution is 9.10. The zero-order valence-electron chi connectivity index (χ0n) is 19.3. The Kier molecular flexibility index (Phi) is 8.29. The van der Waals surface area contributed by atoms with Crippen LogP contribution in [0.15, 0.2) is 45.7 Å². The van der Waals surface area contributed by atoms with Crippen molar-refractivity contribution in [3.8, 4) is 16.9 Å². The van der Waals surface area contributed by atoms with Gasteiger partial charge in [0.2, 0.25) is 0 Å². The molecule has 0 bridgehead atoms. The van der Waals surface area contributed by atoms with E-state index in [1.54, 1.807) is 19.9 Å². The van der Waals surface area contributed by atoms with Gasteiger partial charge >= 0.3 is 12.1 Å². The molecule has 1 aromatic heterocycles. The van der Waals surface area contributed by atoms with Gasteiger partial charge in [-0.25, -0.2) is 14.0 Å². The number of aromatic amines is 1. The number of carboxylic acid groups (broad SMARTS) is 1. The van der Waals surface area contributed by atoms with Gasteiger partial charge in [-0.05, 0) is 83.2 Å². The van der Waals surface area contributed by atoms with Crippen LogP contribution in [0.4, 0.5) is 9.18 Å². The highest BCUT2D eigenvalue weighted by Crippen LogP contribution is 2.38. The maximum Gasteiger partial charge on any atom is 0.407 e. The van der Waals surface area contributed by atoms with Crippen molar-refractivity contribution in [2.24, 2.45) is 0 Å². The summed E-state index contributed by atoms with van der Waals surface area (Å²) in [5.41, 5.74) is 3.09. The molecule has 184 valence electrons. The van der Waals surface area contributed by atoms with Crippen molar-refractivity contribution in [1.29, 1.82) is 0 Å². The fourth-order valence-corrected chi connectivity index (χ4v) is 3.97. The summed E-state index contributed by atoms with van der Waals surface area (Å²) in [6.45, 7) is 5.35. The summed E-state index contributed by atoms with van der Waals surface area (Å²) < 4.78 is 25.0. The first-order chi connectivity index (χ1) is 16.6. The molecule has 0 saturated carbocycles. The van der Waals surface area contributed by atoms with Gasteiger partial charge in [0.25, 0.3) is 5.56 Å². The summed E-state index contributed by atoms with van der Waals surface area (Å²) >= 11 is 3.29. The average Bonchev–Trinajstić information content (AvgIpc) is 2.80. The summed E-state index contributed by atoms with van der Waals surface area (Å²) in [5.74, 6) is -1.35. The third kappa shape index (κ3) is 6.07. The summed E-state index contributed by atoms with van der Waals surface area (Å²) in [5, 5.41) is 12.0. The Balaban J connectivity index is 2.01. The van der Waals surface area contributed by atoms with Crippen molar-refractivity contribution in [1.82, 2.24) is 10.3 Å². The molecule has 0 aliphatic carbocycles. The second-order valence-corrected chi connectivity index (χ2v) is 8.50. The van der Waals surface area contributed by atoms with E-state index in [1.165, 1.54) is 30.3 Å². The number of H-pyrrole nitrogens is 1. The van der Waals surface area contributed by atoms with Crippen molar-refractivity contribution in [3.05, 3.63) is 85.0 Å². The summed E-state index contributed by atoms with van der Waals surface area (Å²) in [6, 6.07) is 8.78. The van der Waals surface area contributed by atoms with E-state index in [-0.39, 0.29) is 35.5 Å². The SMILES string of the molecule is CCOC(=O)NCc1cc(F)ccc1COc1c(-c2cc(C(=O)O)ccc2C)c(C)[nH]c(=O)c1Br. The molecular formula is C25H24BrFN2O6. The van der Waals surface area contributed by atoms with Gasteiger partial charge in [-0.15, -0.1) is 0 Å². The van der Waals surface area contributed by atoms with Crippen molar-refractivity contribution in [2.45, 2.75) is 33.9 Å². The van der Waals surface area contributed by atoms with E-state index < -0.39 is 23.4 Å². The second kappa shape index (κ2) is 11.2. The predicted molar refractivity (Wildman–Crippen MR) is 131 cm³/mol. The van der Waals surface area contributed by atoms with Crippen LogP contribution in [0, 0.1) is 19.7 Å². The maximum absolute atomic E-state index is 13.9. The van der Waals surface area contributed by atoms with Gasteiger partial charge in [-0.3, -0.25) is 4.79 Å². The normalized spacial score (nSPS) is 10.7. The van der Waals surface area contributed by atoms with Crippen molar-refractivity contribution in [3.63, 3.8) is 0 Å². The van der Waals surface area contributed by atoms with Gasteiger partial charge in [-0.2, -0.15) is 0 Å². The molecule has 0 fully saturated rings. The lowest BCUT2D eigenvalue weighted by Gasteiger charge is -2.18. The number of carbonyl (C=O) groups excluding carboxylic acids is 1. The predicted octanol–water partition coefficient (Wildman–Crippen LogP) is 5.08. The van der Waals surface area contributed by atoms with Crippen LogP contribution in [0.2, 0.25) is 0 Å². The molecule has 3 aromatic rings. The Bertz CT molecular complexity index is 1340. The van der Waals surface area contributed by atoms with Crippen LogP contribution in [-0.2, 0) is 17.9 Å². The largest absolute Gasteiger partial charge is 0.487 e. The first-order valence-corrected chi connectivity index (χ1v) is 11.5. The number of ether oxygens (including phenoxy) is 2. The lowest BCUT2D eigenvalue weighted by atomic mass is 9.96. The Morgan fingerprint density at radius 2 is 1.89 bits per heavy atom. The third-order valence-electron chi connectivity index (χ3n) is 5.29. The minimum Gasteiger partial charge on any atom is -0.487 e. The minimum atomic E-state index is -1.08. The molecule has 0 spiro atoms. The number of rotatable bonds is 8. The highest BCUT2D eigenvalue weighted by Gasteiger charge is 2.21. The van der Waals surface area contributed by atoms with E-state index in [0.29, 0.717) is 27.9 Å². The lowest BCUT2D eigenvalue weighted by Crippen LogP contribution is -2.24. The van der Waals surface area contributed by atoms with Gasteiger partial charge in [0.15, 0.2) is 0 Å². The number of amides is 1. The Labute approximate surface area is 209 Å². The first kappa shape index (κ1) is 26.0. The summed E-state index contributed by atoms with van der Waals surface area (Å²) in [6.07, 6.45) is -0.632. The van der Waals surface area contributed by atoms with Gasteiger partial charge in [-0.1, -0.05) is 12.1 Å². The number of aryl methyl sites for hydroxylation is 2. The minimum absolute atomic E-state index is 0.0114. The smallest absolute Gasteiger partial charge is 0.407 e. The third-order valence-corrected chi connectivity index (χ3v) is 6.01. The molecule has 0 saturated heterocycles. The van der Waals surface area contributed by atoms with Crippen LogP contribution >= 0.6 is 15.9 Å². The van der Waals surface area contributed by atoms with E-state index in [2.05, 4.69) is 26.2 Å². The molecule has 8 nitrogen and oxygen atoms in total. The van der Waals surface area contributed by atoms with Crippen LogP contribution < -0.4 is 15.6 Å². The van der Waals surface area contributed by atoms with Gasteiger partial charge in [0, 0.05) is 17.8 Å². The number of pyridine rings is 1. The van der Waals surface area contributed by atoms with Crippen LogP contribution in [-0.4, -0.2) is 28.8 Å². The zero-order chi connectivity index (χ0) is 25.7. The molecule has 3 N–H and O–H groups in total. The number of nitrogens with one attached hydrogen (secondary N) is 2. The molecule has 0 aliphatic rings. The van der Waals surface area contributed by atoms with Gasteiger partial charge in [0.1, 0.15) is 22.6 Å². The van der Waals surface area contributed by atoms with E-state index in [9.17, 15) is 23.9 Å². The number of carboxylic acids is 1. The fraction of sp³-hybridized carbons (Fsp3) is 0.240. The van der Waals surface area contributed by atoms with Gasteiger partial charge < -0.3 is 24.9 Å². The number of benzene rings is 2. The van der Waals surface area contributed by atoms with E-state index in [1.807, 2.05) is 6.92 Å². The van der Waals surface area contributed by atoms with Crippen LogP contribution in [0.5, 0.6) is 5.75 Å². The van der Waals surface area contributed by atoms with E-state index >= 15 is 0 Å². The molecule has 0 atom stereocenters. The lowest BCUT2D eigenvalue weighted by molar-refractivity contribution is 0.0696. The molecule has 3 rings (SSSR count). The van der Waals surface area contributed by atoms with Crippen LogP contribution in [0.25, 0.3) is 11.1 Å². The summed E-state index contributed by atoms with van der Waals surface area (Å²) in [4.78, 5) is 38.4. The molecule has 0 radical (unpaired) electrons. The molecule has 1 heterocycles. The molecule has 1 amide bonds. The first-order valence-electron chi connectivity index (χ1n) is 10.7.